The van der Waals surface area contributed by atoms with Gasteiger partial charge in [0.05, 0.1) is 17.8 Å². The van der Waals surface area contributed by atoms with Crippen LogP contribution in [0.2, 0.25) is 0 Å². The minimum Gasteiger partial charge on any atom is -0.393 e. The van der Waals surface area contributed by atoms with Crippen LogP contribution in [-0.2, 0) is 0 Å². The Hall–Kier alpha value is -1.94. The maximum absolute atomic E-state index is 10.3. The number of hydrogen-bond donors (Lipinski definition) is 3. The van der Waals surface area contributed by atoms with Crippen molar-refractivity contribution in [1.29, 1.82) is 0 Å². The van der Waals surface area contributed by atoms with Crippen LogP contribution in [0.25, 0.3) is 0 Å². The monoisotopic (exact) mass is 476 g/mol. The van der Waals surface area contributed by atoms with Crippen LogP contribution in [0.15, 0.2) is 77.4 Å². The number of benzene rings is 1. The largest absolute Gasteiger partial charge is 0.393 e. The Morgan fingerprint density at radius 3 is 2.63 bits per heavy atom. The third-order valence-electron chi connectivity index (χ3n) is 8.73. The van der Waals surface area contributed by atoms with E-state index in [9.17, 15) is 15.3 Å². The molecule has 0 bridgehead atoms. The molecule has 0 amide bonds. The Labute approximate surface area is 212 Å². The van der Waals surface area contributed by atoms with Crippen molar-refractivity contribution in [3.63, 3.8) is 0 Å². The third-order valence-corrected chi connectivity index (χ3v) is 8.73. The Morgan fingerprint density at radius 2 is 1.91 bits per heavy atom. The number of allylic oxidation sites excluding steroid dienone is 5. The van der Waals surface area contributed by atoms with Gasteiger partial charge in [-0.05, 0) is 93.3 Å². The number of aliphatic hydroxyl groups excluding tert-OH is 2. The summed E-state index contributed by atoms with van der Waals surface area (Å²) in [5.41, 5.74) is 5.70. The summed E-state index contributed by atoms with van der Waals surface area (Å²) < 4.78 is 0. The van der Waals surface area contributed by atoms with Gasteiger partial charge in [-0.25, -0.2) is 0 Å². The first-order valence-corrected chi connectivity index (χ1v) is 13.5. The highest BCUT2D eigenvalue weighted by atomic mass is 16.3. The normalized spacial score (nSPS) is 32.6. The molecular weight excluding hydrogens is 432 g/mol. The third kappa shape index (κ3) is 5.90. The Kier molecular flexibility index (Phi) is 7.90. The summed E-state index contributed by atoms with van der Waals surface area (Å²) in [5, 5.41) is 30.7. The van der Waals surface area contributed by atoms with Crippen LogP contribution in [0.1, 0.15) is 90.0 Å². The van der Waals surface area contributed by atoms with Crippen molar-refractivity contribution >= 4 is 0 Å². The van der Waals surface area contributed by atoms with Crippen LogP contribution < -0.4 is 0 Å². The summed E-state index contributed by atoms with van der Waals surface area (Å²) in [6, 6.07) is 10.9. The van der Waals surface area contributed by atoms with Crippen molar-refractivity contribution in [2.24, 2.45) is 11.3 Å². The fourth-order valence-corrected chi connectivity index (χ4v) is 6.78. The van der Waals surface area contributed by atoms with Crippen LogP contribution in [0.4, 0.5) is 0 Å². The minimum absolute atomic E-state index is 0.139. The summed E-state index contributed by atoms with van der Waals surface area (Å²) in [5.74, 6) is 0.880. The van der Waals surface area contributed by atoms with Gasteiger partial charge in [0, 0.05) is 12.3 Å². The second kappa shape index (κ2) is 10.6. The second-order valence-electron chi connectivity index (χ2n) is 12.0. The van der Waals surface area contributed by atoms with Crippen molar-refractivity contribution in [3.8, 4) is 0 Å². The summed E-state index contributed by atoms with van der Waals surface area (Å²) in [6.45, 7) is 10.4. The first kappa shape index (κ1) is 26.1. The number of hydrogen-bond acceptors (Lipinski definition) is 3. The van der Waals surface area contributed by atoms with Crippen molar-refractivity contribution < 1.29 is 15.3 Å². The van der Waals surface area contributed by atoms with Crippen LogP contribution >= 0.6 is 0 Å². The molecule has 0 radical (unpaired) electrons. The van der Waals surface area contributed by atoms with Crippen LogP contribution in [-0.4, -0.2) is 33.1 Å². The van der Waals surface area contributed by atoms with Gasteiger partial charge in [0.2, 0.25) is 0 Å². The van der Waals surface area contributed by atoms with Gasteiger partial charge in [-0.15, -0.1) is 0 Å². The molecule has 0 aromatic heterocycles. The van der Waals surface area contributed by atoms with E-state index in [1.807, 2.05) is 13.8 Å². The number of rotatable bonds is 7. The maximum atomic E-state index is 10.3. The van der Waals surface area contributed by atoms with E-state index in [2.05, 4.69) is 62.1 Å². The zero-order valence-electron chi connectivity index (χ0n) is 21.8. The molecule has 2 fully saturated rings. The molecule has 5 atom stereocenters. The van der Waals surface area contributed by atoms with Gasteiger partial charge in [-0.1, -0.05) is 73.2 Å². The Morgan fingerprint density at radius 1 is 1.17 bits per heavy atom. The van der Waals surface area contributed by atoms with Crippen LogP contribution in [0, 0.1) is 11.3 Å². The SMILES string of the molecule is C=C1/C(=C\C=C2\CCC[C@]3(C)C([C@H](CCCC(C)(C)O)c4ccccc4)=CC[C@@H]23)C[C@@H](O)C[C@@H]1O. The van der Waals surface area contributed by atoms with Crippen molar-refractivity contribution in [3.05, 3.63) is 83.0 Å². The van der Waals surface area contributed by atoms with Gasteiger partial charge in [-0.2, -0.15) is 0 Å². The summed E-state index contributed by atoms with van der Waals surface area (Å²) in [6.07, 6.45) is 14.2. The Bertz CT molecular complexity index is 993. The van der Waals surface area contributed by atoms with Gasteiger partial charge in [0.15, 0.2) is 0 Å². The molecule has 2 saturated carbocycles. The fourth-order valence-electron chi connectivity index (χ4n) is 6.78. The highest BCUT2D eigenvalue weighted by Gasteiger charge is 2.47. The molecule has 3 nitrogen and oxygen atoms in total. The zero-order chi connectivity index (χ0) is 25.2. The lowest BCUT2D eigenvalue weighted by Gasteiger charge is -2.43. The van der Waals surface area contributed by atoms with E-state index >= 15 is 0 Å². The molecule has 0 spiro atoms. The second-order valence-corrected chi connectivity index (χ2v) is 12.0. The molecule has 3 aliphatic carbocycles. The van der Waals surface area contributed by atoms with E-state index in [0.717, 1.165) is 43.3 Å². The predicted octanol–water partition coefficient (Wildman–Crippen LogP) is 6.77. The van der Waals surface area contributed by atoms with Gasteiger partial charge in [-0.3, -0.25) is 0 Å². The zero-order valence-corrected chi connectivity index (χ0v) is 21.8. The molecule has 3 heteroatoms. The molecule has 0 aliphatic heterocycles. The molecule has 190 valence electrons. The van der Waals surface area contributed by atoms with E-state index in [4.69, 9.17) is 0 Å². The minimum atomic E-state index is -0.643. The predicted molar refractivity (Wildman–Crippen MR) is 144 cm³/mol. The van der Waals surface area contributed by atoms with Gasteiger partial charge < -0.3 is 15.3 Å². The smallest absolute Gasteiger partial charge is 0.0811 e. The van der Waals surface area contributed by atoms with Crippen molar-refractivity contribution in [2.75, 3.05) is 0 Å². The van der Waals surface area contributed by atoms with Gasteiger partial charge >= 0.3 is 0 Å². The molecule has 1 aromatic rings. The van der Waals surface area contributed by atoms with Crippen molar-refractivity contribution in [2.45, 2.75) is 102 Å². The number of fused-ring (bicyclic) bond motifs is 1. The molecule has 4 rings (SSSR count). The van der Waals surface area contributed by atoms with Gasteiger partial charge in [0.1, 0.15) is 0 Å². The Balaban J connectivity index is 1.58. The molecule has 0 saturated heterocycles. The standard InChI is InChI=1S/C32H44O3/c1-22-25(20-26(33)21-30(22)34)15-14-24-12-8-19-32(4)28(24)16-17-29(32)27(13-9-18-31(2,3)35)23-10-6-5-7-11-23/h5-7,10-11,14-15,17,26-28,30,33-35H,1,8-9,12-13,16,18-21H2,2-4H3/b24-14-,25-15-/t26-,27-,28+,30+,32+/m1/s1. The van der Waals surface area contributed by atoms with Crippen LogP contribution in [0.5, 0.6) is 0 Å². The fraction of sp³-hybridized carbons (Fsp3) is 0.562. The molecule has 3 N–H and O–H groups in total. The first-order valence-electron chi connectivity index (χ1n) is 13.5. The molecule has 0 heterocycles. The highest BCUT2D eigenvalue weighted by molar-refractivity contribution is 5.42. The lowest BCUT2D eigenvalue weighted by atomic mass is 9.61. The van der Waals surface area contributed by atoms with Crippen LogP contribution in [0.3, 0.4) is 0 Å². The maximum Gasteiger partial charge on any atom is 0.0811 e. The van der Waals surface area contributed by atoms with Crippen molar-refractivity contribution in [1.82, 2.24) is 0 Å². The highest BCUT2D eigenvalue weighted by Crippen LogP contribution is 2.58. The van der Waals surface area contributed by atoms with E-state index in [1.54, 1.807) is 5.57 Å². The quantitative estimate of drug-likeness (QED) is 0.381. The molecule has 35 heavy (non-hydrogen) atoms. The lowest BCUT2D eigenvalue weighted by molar-refractivity contribution is 0.0676. The molecule has 3 aliphatic rings. The van der Waals surface area contributed by atoms with E-state index in [-0.39, 0.29) is 5.41 Å². The summed E-state index contributed by atoms with van der Waals surface area (Å²) in [7, 11) is 0. The summed E-state index contributed by atoms with van der Waals surface area (Å²) in [4.78, 5) is 0. The lowest BCUT2D eigenvalue weighted by Crippen LogP contribution is -2.32. The van der Waals surface area contributed by atoms with E-state index in [1.165, 1.54) is 24.0 Å². The average molecular weight is 477 g/mol. The van der Waals surface area contributed by atoms with E-state index < -0.39 is 17.8 Å². The molecular formula is C32H44O3. The molecule has 0 unspecified atom stereocenters. The van der Waals surface area contributed by atoms with E-state index in [0.29, 0.717) is 24.7 Å². The summed E-state index contributed by atoms with van der Waals surface area (Å²) >= 11 is 0. The first-order chi connectivity index (χ1) is 16.6. The van der Waals surface area contributed by atoms with Gasteiger partial charge in [0.25, 0.3) is 0 Å². The average Bonchev–Trinajstić information content (AvgIpc) is 3.15. The molecule has 1 aromatic carbocycles. The number of aliphatic hydroxyl groups is 3. The topological polar surface area (TPSA) is 60.7 Å².